The second-order valence-electron chi connectivity index (χ2n) is 6.06. The van der Waals surface area contributed by atoms with Crippen LogP contribution in [0.15, 0.2) is 60.7 Å². The van der Waals surface area contributed by atoms with Gasteiger partial charge < -0.3 is 10.1 Å². The second kappa shape index (κ2) is 8.72. The van der Waals surface area contributed by atoms with Crippen molar-refractivity contribution in [3.05, 3.63) is 77.6 Å². The van der Waals surface area contributed by atoms with E-state index in [4.69, 9.17) is 4.74 Å². The number of nitrogens with one attached hydrogen (secondary N) is 1. The number of ether oxygens (including phenoxy) is 1. The van der Waals surface area contributed by atoms with Gasteiger partial charge in [0.05, 0.1) is 0 Å². The maximum Gasteiger partial charge on any atom is 0.272 e. The van der Waals surface area contributed by atoms with Crippen molar-refractivity contribution in [3.63, 3.8) is 0 Å². The summed E-state index contributed by atoms with van der Waals surface area (Å²) in [4.78, 5) is 0. The van der Waals surface area contributed by atoms with Gasteiger partial charge in [0.15, 0.2) is 0 Å². The highest BCUT2D eigenvalue weighted by Crippen LogP contribution is 2.20. The van der Waals surface area contributed by atoms with Crippen LogP contribution in [-0.2, 0) is 13.0 Å². The molecule has 0 saturated carbocycles. The molecule has 0 spiro atoms. The van der Waals surface area contributed by atoms with Crippen molar-refractivity contribution in [3.8, 4) is 5.75 Å². The van der Waals surface area contributed by atoms with Gasteiger partial charge in [-0.3, -0.25) is 0 Å². The zero-order valence-corrected chi connectivity index (χ0v) is 14.2. The minimum absolute atomic E-state index is 0.237. The van der Waals surface area contributed by atoms with Crippen LogP contribution in [-0.4, -0.2) is 19.6 Å². The monoisotopic (exact) mass is 359 g/mol. The maximum absolute atomic E-state index is 13.5. The first-order valence-electron chi connectivity index (χ1n) is 8.49. The van der Waals surface area contributed by atoms with E-state index >= 15 is 0 Å². The molecule has 0 aliphatic heterocycles. The summed E-state index contributed by atoms with van der Waals surface area (Å²) in [6, 6.07) is 17.9. The average Bonchev–Trinajstić information content (AvgIpc) is 2.64. The molecule has 2 nitrogen and oxygen atoms in total. The molecule has 0 amide bonds. The summed E-state index contributed by atoms with van der Waals surface area (Å²) in [6.07, 6.45) is -1.72. The molecule has 3 aromatic carbocycles. The zero-order valence-electron chi connectivity index (χ0n) is 14.2. The topological polar surface area (TPSA) is 21.3 Å². The summed E-state index contributed by atoms with van der Waals surface area (Å²) >= 11 is 0. The lowest BCUT2D eigenvalue weighted by Gasteiger charge is -2.10. The lowest BCUT2D eigenvalue weighted by molar-refractivity contribution is 0.0818. The summed E-state index contributed by atoms with van der Waals surface area (Å²) in [5.41, 5.74) is 2.05. The van der Waals surface area contributed by atoms with E-state index in [0.717, 1.165) is 34.9 Å². The van der Waals surface area contributed by atoms with Crippen LogP contribution in [0, 0.1) is 5.82 Å². The van der Waals surface area contributed by atoms with Gasteiger partial charge in [-0.25, -0.2) is 13.2 Å². The number of alkyl halides is 2. The predicted molar refractivity (Wildman–Crippen MR) is 97.3 cm³/mol. The highest BCUT2D eigenvalue weighted by molar-refractivity contribution is 5.85. The highest BCUT2D eigenvalue weighted by Gasteiger charge is 2.05. The van der Waals surface area contributed by atoms with Crippen molar-refractivity contribution in [2.75, 3.05) is 13.2 Å². The van der Waals surface area contributed by atoms with Crippen LogP contribution in [0.2, 0.25) is 0 Å². The van der Waals surface area contributed by atoms with Gasteiger partial charge in [-0.15, -0.1) is 0 Å². The number of halogens is 3. The fourth-order valence-electron chi connectivity index (χ4n) is 2.89. The zero-order chi connectivity index (χ0) is 18.4. The SMILES string of the molecule is Fc1ccc2cccc(CCNCc3cccc(OCC(F)F)c3)c2c1. The van der Waals surface area contributed by atoms with E-state index in [1.165, 1.54) is 6.07 Å². The first-order valence-corrected chi connectivity index (χ1v) is 8.49. The molecule has 0 aliphatic carbocycles. The minimum atomic E-state index is -2.48. The molecule has 0 atom stereocenters. The van der Waals surface area contributed by atoms with Gasteiger partial charge in [-0.1, -0.05) is 36.4 Å². The number of hydrogen-bond donors (Lipinski definition) is 1. The molecule has 26 heavy (non-hydrogen) atoms. The number of rotatable bonds is 8. The Morgan fingerprint density at radius 1 is 0.962 bits per heavy atom. The largest absolute Gasteiger partial charge is 0.488 e. The van der Waals surface area contributed by atoms with E-state index in [9.17, 15) is 13.2 Å². The normalized spacial score (nSPS) is 11.2. The van der Waals surface area contributed by atoms with Crippen LogP contribution in [0.3, 0.4) is 0 Å². The fraction of sp³-hybridized carbons (Fsp3) is 0.238. The highest BCUT2D eigenvalue weighted by atomic mass is 19.3. The van der Waals surface area contributed by atoms with E-state index in [2.05, 4.69) is 5.32 Å². The Morgan fingerprint density at radius 3 is 2.65 bits per heavy atom. The van der Waals surface area contributed by atoms with E-state index in [0.29, 0.717) is 12.3 Å². The number of benzene rings is 3. The van der Waals surface area contributed by atoms with E-state index < -0.39 is 13.0 Å². The first-order chi connectivity index (χ1) is 12.6. The van der Waals surface area contributed by atoms with Gasteiger partial charge in [0, 0.05) is 6.54 Å². The van der Waals surface area contributed by atoms with Crippen LogP contribution in [0.5, 0.6) is 5.75 Å². The lowest BCUT2D eigenvalue weighted by atomic mass is 10.0. The summed E-state index contributed by atoms with van der Waals surface area (Å²) in [5.74, 6) is 0.202. The van der Waals surface area contributed by atoms with Gasteiger partial charge in [-0.05, 0) is 59.1 Å². The van der Waals surface area contributed by atoms with Gasteiger partial charge in [0.2, 0.25) is 0 Å². The molecule has 0 aromatic heterocycles. The Labute approximate surface area is 150 Å². The standard InChI is InChI=1S/C21H20F3NO/c22-18-8-7-16-4-2-5-17(20(16)12-18)9-10-25-13-15-3-1-6-19(11-15)26-14-21(23)24/h1-8,11-12,21,25H,9-10,13-14H2. The molecule has 3 rings (SSSR count). The Balaban J connectivity index is 1.55. The number of fused-ring (bicyclic) bond motifs is 1. The molecule has 1 N–H and O–H groups in total. The summed E-state index contributed by atoms with van der Waals surface area (Å²) < 4.78 is 42.9. The molecule has 136 valence electrons. The maximum atomic E-state index is 13.5. The smallest absolute Gasteiger partial charge is 0.272 e. The van der Waals surface area contributed by atoms with Gasteiger partial charge in [0.1, 0.15) is 18.2 Å². The quantitative estimate of drug-likeness (QED) is 0.574. The van der Waals surface area contributed by atoms with E-state index in [1.807, 2.05) is 24.3 Å². The number of hydrogen-bond acceptors (Lipinski definition) is 2. The lowest BCUT2D eigenvalue weighted by Crippen LogP contribution is -2.17. The van der Waals surface area contributed by atoms with Crippen LogP contribution >= 0.6 is 0 Å². The Kier molecular flexibility index (Phi) is 6.12. The van der Waals surface area contributed by atoms with E-state index in [-0.39, 0.29) is 5.82 Å². The minimum Gasteiger partial charge on any atom is -0.488 e. The first kappa shape index (κ1) is 18.3. The van der Waals surface area contributed by atoms with Crippen molar-refractivity contribution in [2.45, 2.75) is 19.4 Å². The Morgan fingerprint density at radius 2 is 1.81 bits per heavy atom. The van der Waals surface area contributed by atoms with Crippen molar-refractivity contribution < 1.29 is 17.9 Å². The molecular weight excluding hydrogens is 339 g/mol. The van der Waals surface area contributed by atoms with Crippen LogP contribution < -0.4 is 10.1 Å². The fourth-order valence-corrected chi connectivity index (χ4v) is 2.89. The average molecular weight is 359 g/mol. The van der Waals surface area contributed by atoms with Crippen molar-refractivity contribution in [1.29, 1.82) is 0 Å². The molecule has 0 saturated heterocycles. The summed E-state index contributed by atoms with van der Waals surface area (Å²) in [5, 5.41) is 5.27. The van der Waals surface area contributed by atoms with Crippen molar-refractivity contribution >= 4 is 10.8 Å². The molecule has 0 fully saturated rings. The van der Waals surface area contributed by atoms with Gasteiger partial charge >= 0.3 is 0 Å². The van der Waals surface area contributed by atoms with Crippen molar-refractivity contribution in [1.82, 2.24) is 5.32 Å². The second-order valence-corrected chi connectivity index (χ2v) is 6.06. The third kappa shape index (κ3) is 4.99. The van der Waals surface area contributed by atoms with Crippen molar-refractivity contribution in [2.24, 2.45) is 0 Å². The van der Waals surface area contributed by atoms with Crippen LogP contribution in [0.1, 0.15) is 11.1 Å². The van der Waals surface area contributed by atoms with Crippen LogP contribution in [0.25, 0.3) is 10.8 Å². The molecule has 0 bridgehead atoms. The molecule has 0 heterocycles. The Hall–Kier alpha value is -2.53. The molecule has 0 radical (unpaired) electrons. The molecule has 3 aromatic rings. The molecule has 0 aliphatic rings. The van der Waals surface area contributed by atoms with Crippen LogP contribution in [0.4, 0.5) is 13.2 Å². The molecule has 5 heteroatoms. The molecular formula is C21H20F3NO. The Bertz CT molecular complexity index is 867. The predicted octanol–water partition coefficient (Wildman–Crippen LogP) is 4.96. The third-order valence-corrected chi connectivity index (χ3v) is 4.11. The molecule has 0 unspecified atom stereocenters. The third-order valence-electron chi connectivity index (χ3n) is 4.11. The van der Waals surface area contributed by atoms with Gasteiger partial charge in [-0.2, -0.15) is 0 Å². The summed E-state index contributed by atoms with van der Waals surface area (Å²) in [7, 11) is 0. The van der Waals surface area contributed by atoms with Gasteiger partial charge in [0.25, 0.3) is 6.43 Å². The summed E-state index contributed by atoms with van der Waals surface area (Å²) in [6.45, 7) is 0.720. The van der Waals surface area contributed by atoms with E-state index in [1.54, 1.807) is 30.3 Å².